The Bertz CT molecular complexity index is 480. The minimum absolute atomic E-state index is 0.131. The van der Waals surface area contributed by atoms with Gasteiger partial charge < -0.3 is 10.3 Å². The molecule has 0 spiro atoms. The number of hydrogen-bond acceptors (Lipinski definition) is 6. The number of nitrogen functional groups attached to an aromatic ring is 1. The van der Waals surface area contributed by atoms with E-state index in [0.717, 1.165) is 12.2 Å². The molecule has 1 rings (SSSR count). The third kappa shape index (κ3) is 4.31. The molecule has 0 aliphatic carbocycles. The third-order valence-corrected chi connectivity index (χ3v) is 4.10. The highest BCUT2D eigenvalue weighted by Gasteiger charge is 2.24. The summed E-state index contributed by atoms with van der Waals surface area (Å²) in [6.45, 7) is 6.06. The quantitative estimate of drug-likeness (QED) is 0.592. The molecular weight excluding hydrogens is 286 g/mol. The predicted molar refractivity (Wildman–Crippen MR) is 88.5 cm³/mol. The third-order valence-electron chi connectivity index (χ3n) is 3.38. The average molecular weight is 311 g/mol. The molecule has 7 heteroatoms. The molecule has 0 aromatic carbocycles. The van der Waals surface area contributed by atoms with Crippen molar-refractivity contribution in [3.63, 3.8) is 0 Å². The van der Waals surface area contributed by atoms with Crippen LogP contribution in [0.3, 0.4) is 0 Å². The van der Waals surface area contributed by atoms with Gasteiger partial charge in [-0.25, -0.2) is 9.97 Å². The van der Waals surface area contributed by atoms with Gasteiger partial charge in [-0.05, 0) is 12.7 Å². The first-order valence-electron chi connectivity index (χ1n) is 7.05. The van der Waals surface area contributed by atoms with Gasteiger partial charge in [0.2, 0.25) is 0 Å². The molecule has 118 valence electrons. The molecule has 0 saturated carbocycles. The number of amides is 1. The van der Waals surface area contributed by atoms with Crippen LogP contribution in [0.1, 0.15) is 49.4 Å². The molecule has 1 aromatic heterocycles. The summed E-state index contributed by atoms with van der Waals surface area (Å²) >= 11 is 1.73. The van der Waals surface area contributed by atoms with Crippen LogP contribution in [0.2, 0.25) is 0 Å². The second kappa shape index (κ2) is 8.19. The summed E-state index contributed by atoms with van der Waals surface area (Å²) in [6.07, 6.45) is 4.50. The van der Waals surface area contributed by atoms with Gasteiger partial charge in [0.05, 0.1) is 11.9 Å². The fourth-order valence-electron chi connectivity index (χ4n) is 1.97. The van der Waals surface area contributed by atoms with Gasteiger partial charge in [-0.1, -0.05) is 20.8 Å². The Morgan fingerprint density at radius 1 is 1.52 bits per heavy atom. The Kier molecular flexibility index (Phi) is 6.91. The van der Waals surface area contributed by atoms with Gasteiger partial charge in [-0.3, -0.25) is 10.6 Å². The summed E-state index contributed by atoms with van der Waals surface area (Å²) in [5, 5.41) is 0. The van der Waals surface area contributed by atoms with Crippen molar-refractivity contribution < 1.29 is 4.79 Å². The SMILES string of the molecule is CCC(CSC)N(C)C(=O)c1nc(C(C)C)ncc1NN. The van der Waals surface area contributed by atoms with Crippen LogP contribution in [0.5, 0.6) is 0 Å². The predicted octanol–water partition coefficient (Wildman–Crippen LogP) is 2.10. The lowest BCUT2D eigenvalue weighted by atomic mass is 10.2. The number of aromatic nitrogens is 2. The molecular formula is C14H25N5OS. The monoisotopic (exact) mass is 311 g/mol. The van der Waals surface area contributed by atoms with E-state index in [0.29, 0.717) is 17.2 Å². The molecule has 0 radical (unpaired) electrons. The molecule has 1 atom stereocenters. The molecule has 1 heterocycles. The molecule has 1 unspecified atom stereocenters. The van der Waals surface area contributed by atoms with E-state index in [1.807, 2.05) is 27.2 Å². The molecule has 0 fully saturated rings. The van der Waals surface area contributed by atoms with Crippen LogP contribution in [0, 0.1) is 0 Å². The van der Waals surface area contributed by atoms with Crippen molar-refractivity contribution in [2.75, 3.05) is 24.5 Å². The lowest BCUT2D eigenvalue weighted by molar-refractivity contribution is 0.0738. The van der Waals surface area contributed by atoms with Gasteiger partial charge in [0, 0.05) is 24.8 Å². The van der Waals surface area contributed by atoms with Crippen molar-refractivity contribution in [2.45, 2.75) is 39.2 Å². The number of nitrogens with two attached hydrogens (primary N) is 1. The van der Waals surface area contributed by atoms with Crippen LogP contribution in [0.15, 0.2) is 6.20 Å². The Morgan fingerprint density at radius 3 is 2.67 bits per heavy atom. The van der Waals surface area contributed by atoms with Crippen molar-refractivity contribution in [3.05, 3.63) is 17.7 Å². The summed E-state index contributed by atoms with van der Waals surface area (Å²) < 4.78 is 0. The Balaban J connectivity index is 3.12. The second-order valence-electron chi connectivity index (χ2n) is 5.22. The normalized spacial score (nSPS) is 12.3. The molecule has 3 N–H and O–H groups in total. The van der Waals surface area contributed by atoms with E-state index in [4.69, 9.17) is 5.84 Å². The fraction of sp³-hybridized carbons (Fsp3) is 0.643. The van der Waals surface area contributed by atoms with E-state index in [1.165, 1.54) is 0 Å². The first-order chi connectivity index (χ1) is 9.96. The first kappa shape index (κ1) is 17.7. The van der Waals surface area contributed by atoms with Crippen LogP contribution in [0.4, 0.5) is 5.69 Å². The number of carbonyl (C=O) groups is 1. The van der Waals surface area contributed by atoms with Crippen LogP contribution >= 0.6 is 11.8 Å². The summed E-state index contributed by atoms with van der Waals surface area (Å²) in [5.41, 5.74) is 3.29. The number of nitrogens with one attached hydrogen (secondary N) is 1. The van der Waals surface area contributed by atoms with E-state index < -0.39 is 0 Å². The van der Waals surface area contributed by atoms with Crippen molar-refractivity contribution in [2.24, 2.45) is 5.84 Å². The van der Waals surface area contributed by atoms with Gasteiger partial charge in [0.1, 0.15) is 5.82 Å². The van der Waals surface area contributed by atoms with Crippen LogP contribution in [-0.4, -0.2) is 45.9 Å². The molecule has 0 aliphatic heterocycles. The largest absolute Gasteiger partial charge is 0.336 e. The molecule has 0 aliphatic rings. The maximum atomic E-state index is 12.7. The molecule has 1 aromatic rings. The van der Waals surface area contributed by atoms with E-state index in [-0.39, 0.29) is 17.9 Å². The zero-order valence-electron chi connectivity index (χ0n) is 13.4. The fourth-order valence-corrected chi connectivity index (χ4v) is 2.82. The van der Waals surface area contributed by atoms with Gasteiger partial charge in [-0.2, -0.15) is 11.8 Å². The molecule has 1 amide bonds. The topological polar surface area (TPSA) is 84.1 Å². The van der Waals surface area contributed by atoms with Crippen LogP contribution in [0.25, 0.3) is 0 Å². The maximum Gasteiger partial charge on any atom is 0.274 e. The van der Waals surface area contributed by atoms with Crippen LogP contribution in [-0.2, 0) is 0 Å². The van der Waals surface area contributed by atoms with E-state index in [1.54, 1.807) is 22.9 Å². The van der Waals surface area contributed by atoms with E-state index in [2.05, 4.69) is 22.3 Å². The molecule has 21 heavy (non-hydrogen) atoms. The number of rotatable bonds is 7. The molecule has 0 bridgehead atoms. The number of carbonyl (C=O) groups excluding carboxylic acids is 1. The lowest BCUT2D eigenvalue weighted by Crippen LogP contribution is -2.39. The smallest absolute Gasteiger partial charge is 0.274 e. The first-order valence-corrected chi connectivity index (χ1v) is 8.45. The van der Waals surface area contributed by atoms with Crippen molar-refractivity contribution in [1.29, 1.82) is 0 Å². The Hall–Kier alpha value is -1.34. The highest BCUT2D eigenvalue weighted by molar-refractivity contribution is 7.98. The molecule has 6 nitrogen and oxygen atoms in total. The summed E-state index contributed by atoms with van der Waals surface area (Å²) in [6, 6.07) is 0.176. The van der Waals surface area contributed by atoms with Gasteiger partial charge in [-0.15, -0.1) is 0 Å². The summed E-state index contributed by atoms with van der Waals surface area (Å²) in [5.74, 6) is 7.04. The van der Waals surface area contributed by atoms with Crippen molar-refractivity contribution in [3.8, 4) is 0 Å². The maximum absolute atomic E-state index is 12.7. The van der Waals surface area contributed by atoms with Crippen molar-refractivity contribution in [1.82, 2.24) is 14.9 Å². The number of nitrogens with zero attached hydrogens (tertiary/aromatic N) is 3. The number of hydrogen-bond donors (Lipinski definition) is 2. The van der Waals surface area contributed by atoms with E-state index in [9.17, 15) is 4.79 Å². The number of thioether (sulfide) groups is 1. The lowest BCUT2D eigenvalue weighted by Gasteiger charge is -2.27. The summed E-state index contributed by atoms with van der Waals surface area (Å²) in [7, 11) is 1.81. The van der Waals surface area contributed by atoms with Crippen LogP contribution < -0.4 is 11.3 Å². The van der Waals surface area contributed by atoms with Gasteiger partial charge >= 0.3 is 0 Å². The van der Waals surface area contributed by atoms with Gasteiger partial charge in [0.25, 0.3) is 5.91 Å². The van der Waals surface area contributed by atoms with E-state index >= 15 is 0 Å². The standard InChI is InChI=1S/C14H25N5OS/c1-6-10(8-21-5)19(4)14(20)12-11(18-15)7-16-13(17-12)9(2)3/h7,9-10,18H,6,8,15H2,1-5H3. The summed E-state index contributed by atoms with van der Waals surface area (Å²) in [4.78, 5) is 23.1. The Labute approximate surface area is 130 Å². The Morgan fingerprint density at radius 2 is 2.19 bits per heavy atom. The molecule has 0 saturated heterocycles. The highest BCUT2D eigenvalue weighted by atomic mass is 32.2. The number of anilines is 1. The van der Waals surface area contributed by atoms with Gasteiger partial charge in [0.15, 0.2) is 5.69 Å². The number of hydrazine groups is 1. The minimum Gasteiger partial charge on any atom is -0.336 e. The van der Waals surface area contributed by atoms with Crippen molar-refractivity contribution >= 4 is 23.4 Å². The highest BCUT2D eigenvalue weighted by Crippen LogP contribution is 2.19. The average Bonchev–Trinajstić information content (AvgIpc) is 2.50. The second-order valence-corrected chi connectivity index (χ2v) is 6.13. The zero-order valence-corrected chi connectivity index (χ0v) is 14.2. The minimum atomic E-state index is -0.131. The zero-order chi connectivity index (χ0) is 16.0.